The Morgan fingerprint density at radius 3 is 3.00 bits per heavy atom. The highest BCUT2D eigenvalue weighted by molar-refractivity contribution is 4.91. The van der Waals surface area contributed by atoms with E-state index in [1.165, 1.54) is 25.9 Å². The normalized spacial score (nSPS) is 45.9. The van der Waals surface area contributed by atoms with Crippen LogP contribution < -0.4 is 11.1 Å². The van der Waals surface area contributed by atoms with E-state index < -0.39 is 0 Å². The molecule has 3 unspecified atom stereocenters. The molecule has 1 saturated carbocycles. The Balaban J connectivity index is 2.01. The molecule has 0 aromatic carbocycles. The Labute approximate surface area is 62.2 Å². The van der Waals surface area contributed by atoms with Crippen molar-refractivity contribution in [1.82, 2.24) is 5.32 Å². The Morgan fingerprint density at radius 1 is 1.30 bits per heavy atom. The summed E-state index contributed by atoms with van der Waals surface area (Å²) in [6.45, 7) is 3.39. The summed E-state index contributed by atoms with van der Waals surface area (Å²) in [5.41, 5.74) is 5.66. The quantitative estimate of drug-likeness (QED) is 0.545. The molecule has 1 aliphatic carbocycles. The van der Waals surface area contributed by atoms with Crippen molar-refractivity contribution >= 4 is 0 Å². The van der Waals surface area contributed by atoms with Gasteiger partial charge in [0.15, 0.2) is 0 Å². The second kappa shape index (κ2) is 2.51. The summed E-state index contributed by atoms with van der Waals surface area (Å²) in [6.07, 6.45) is 2.80. The van der Waals surface area contributed by atoms with Crippen LogP contribution in [0.3, 0.4) is 0 Å². The van der Waals surface area contributed by atoms with Crippen LogP contribution in [0.2, 0.25) is 0 Å². The lowest BCUT2D eigenvalue weighted by Crippen LogP contribution is -2.22. The Kier molecular flexibility index (Phi) is 1.66. The molecule has 0 aromatic rings. The van der Waals surface area contributed by atoms with Crippen molar-refractivity contribution in [1.29, 1.82) is 0 Å². The van der Waals surface area contributed by atoms with Gasteiger partial charge in [-0.1, -0.05) is 0 Å². The van der Waals surface area contributed by atoms with Crippen molar-refractivity contribution in [3.8, 4) is 0 Å². The highest BCUT2D eigenvalue weighted by atomic mass is 14.9. The van der Waals surface area contributed by atoms with Crippen LogP contribution in [0.4, 0.5) is 0 Å². The summed E-state index contributed by atoms with van der Waals surface area (Å²) in [4.78, 5) is 0. The average Bonchev–Trinajstić information content (AvgIpc) is 2.44. The van der Waals surface area contributed by atoms with Crippen molar-refractivity contribution in [3.63, 3.8) is 0 Å². The van der Waals surface area contributed by atoms with Gasteiger partial charge in [-0.3, -0.25) is 0 Å². The molecule has 1 heterocycles. The third-order valence-electron chi connectivity index (χ3n) is 3.21. The molecule has 2 heteroatoms. The van der Waals surface area contributed by atoms with Gasteiger partial charge >= 0.3 is 0 Å². The topological polar surface area (TPSA) is 38.0 Å². The Hall–Kier alpha value is -0.0800. The van der Waals surface area contributed by atoms with Crippen molar-refractivity contribution in [2.24, 2.45) is 23.5 Å². The molecule has 3 N–H and O–H groups in total. The minimum atomic E-state index is 0.833. The van der Waals surface area contributed by atoms with Crippen molar-refractivity contribution in [3.05, 3.63) is 0 Å². The minimum Gasteiger partial charge on any atom is -0.330 e. The zero-order valence-corrected chi connectivity index (χ0v) is 6.34. The predicted molar refractivity (Wildman–Crippen MR) is 41.6 cm³/mol. The van der Waals surface area contributed by atoms with E-state index in [0.717, 1.165) is 24.3 Å². The van der Waals surface area contributed by atoms with Crippen LogP contribution in [0.5, 0.6) is 0 Å². The fourth-order valence-electron chi connectivity index (χ4n) is 2.56. The van der Waals surface area contributed by atoms with Gasteiger partial charge in [-0.15, -0.1) is 0 Å². The van der Waals surface area contributed by atoms with E-state index in [1.807, 2.05) is 0 Å². The molecule has 0 amide bonds. The van der Waals surface area contributed by atoms with Gasteiger partial charge < -0.3 is 11.1 Å². The fraction of sp³-hybridized carbons (Fsp3) is 1.00. The van der Waals surface area contributed by atoms with Gasteiger partial charge in [0.2, 0.25) is 0 Å². The second-order valence-corrected chi connectivity index (χ2v) is 3.66. The number of nitrogens with two attached hydrogens (primary N) is 1. The first-order chi connectivity index (χ1) is 4.92. The van der Waals surface area contributed by atoms with E-state index in [1.54, 1.807) is 0 Å². The smallest absolute Gasteiger partial charge is 0.00141 e. The van der Waals surface area contributed by atoms with Crippen molar-refractivity contribution < 1.29 is 0 Å². The molecule has 2 aliphatic rings. The summed E-state index contributed by atoms with van der Waals surface area (Å²) in [5, 5.41) is 3.43. The van der Waals surface area contributed by atoms with Gasteiger partial charge in [-0.2, -0.15) is 0 Å². The van der Waals surface area contributed by atoms with Gasteiger partial charge in [0.05, 0.1) is 0 Å². The molecule has 1 aliphatic heterocycles. The third kappa shape index (κ3) is 0.867. The van der Waals surface area contributed by atoms with Crippen LogP contribution in [0.1, 0.15) is 12.8 Å². The average molecular weight is 140 g/mol. The van der Waals surface area contributed by atoms with Gasteiger partial charge in [-0.25, -0.2) is 0 Å². The van der Waals surface area contributed by atoms with Gasteiger partial charge in [0.1, 0.15) is 0 Å². The Bertz CT molecular complexity index is 124. The standard InChI is InChI=1S/C8H16N2/c9-3-6-1-2-7-4-10-5-8(6)7/h6-8,10H,1-5,9H2. The monoisotopic (exact) mass is 140 g/mol. The molecule has 58 valence electrons. The largest absolute Gasteiger partial charge is 0.330 e. The summed E-state index contributed by atoms with van der Waals surface area (Å²) in [7, 11) is 0. The highest BCUT2D eigenvalue weighted by Crippen LogP contribution is 2.38. The number of rotatable bonds is 1. The lowest BCUT2D eigenvalue weighted by molar-refractivity contribution is 0.384. The van der Waals surface area contributed by atoms with Crippen molar-refractivity contribution in [2.45, 2.75) is 12.8 Å². The first kappa shape index (κ1) is 6.62. The van der Waals surface area contributed by atoms with E-state index in [0.29, 0.717) is 0 Å². The number of fused-ring (bicyclic) bond motifs is 1. The molecule has 0 spiro atoms. The molecule has 10 heavy (non-hydrogen) atoms. The van der Waals surface area contributed by atoms with E-state index >= 15 is 0 Å². The second-order valence-electron chi connectivity index (χ2n) is 3.66. The van der Waals surface area contributed by atoms with Crippen LogP contribution >= 0.6 is 0 Å². The van der Waals surface area contributed by atoms with Crippen molar-refractivity contribution in [2.75, 3.05) is 19.6 Å². The fourth-order valence-corrected chi connectivity index (χ4v) is 2.56. The SMILES string of the molecule is NCC1CCC2CNCC12. The van der Waals surface area contributed by atoms with Crippen LogP contribution in [0.25, 0.3) is 0 Å². The zero-order valence-electron chi connectivity index (χ0n) is 6.34. The summed E-state index contributed by atoms with van der Waals surface area (Å²) in [6, 6.07) is 0. The van der Waals surface area contributed by atoms with E-state index in [-0.39, 0.29) is 0 Å². The lowest BCUT2D eigenvalue weighted by atomic mass is 9.93. The number of nitrogens with one attached hydrogen (secondary N) is 1. The van der Waals surface area contributed by atoms with Gasteiger partial charge in [0, 0.05) is 0 Å². The molecular formula is C8H16N2. The number of hydrogen-bond donors (Lipinski definition) is 2. The first-order valence-electron chi connectivity index (χ1n) is 4.32. The van der Waals surface area contributed by atoms with Gasteiger partial charge in [-0.05, 0) is 50.2 Å². The first-order valence-corrected chi connectivity index (χ1v) is 4.32. The third-order valence-corrected chi connectivity index (χ3v) is 3.21. The zero-order chi connectivity index (χ0) is 6.97. The molecule has 3 atom stereocenters. The predicted octanol–water partition coefficient (Wildman–Crippen LogP) is 0.191. The molecule has 1 saturated heterocycles. The highest BCUT2D eigenvalue weighted by Gasteiger charge is 2.37. The van der Waals surface area contributed by atoms with Crippen LogP contribution in [-0.4, -0.2) is 19.6 Å². The maximum atomic E-state index is 5.66. The van der Waals surface area contributed by atoms with E-state index in [2.05, 4.69) is 5.32 Å². The van der Waals surface area contributed by atoms with Crippen LogP contribution in [-0.2, 0) is 0 Å². The number of hydrogen-bond acceptors (Lipinski definition) is 2. The van der Waals surface area contributed by atoms with Crippen LogP contribution in [0.15, 0.2) is 0 Å². The summed E-state index contributed by atoms with van der Waals surface area (Å²) >= 11 is 0. The Morgan fingerprint density at radius 2 is 2.20 bits per heavy atom. The molecule has 0 bridgehead atoms. The van der Waals surface area contributed by atoms with Crippen LogP contribution in [0, 0.1) is 17.8 Å². The van der Waals surface area contributed by atoms with E-state index in [9.17, 15) is 0 Å². The van der Waals surface area contributed by atoms with E-state index in [4.69, 9.17) is 5.73 Å². The maximum Gasteiger partial charge on any atom is -0.00141 e. The molecule has 0 radical (unpaired) electrons. The van der Waals surface area contributed by atoms with Gasteiger partial charge in [0.25, 0.3) is 0 Å². The maximum absolute atomic E-state index is 5.66. The minimum absolute atomic E-state index is 0.833. The molecule has 0 aromatic heterocycles. The summed E-state index contributed by atoms with van der Waals surface area (Å²) in [5.74, 6) is 2.72. The molecule has 2 rings (SSSR count). The summed E-state index contributed by atoms with van der Waals surface area (Å²) < 4.78 is 0. The molecule has 2 nitrogen and oxygen atoms in total. The lowest BCUT2D eigenvalue weighted by Gasteiger charge is -2.14. The molecular weight excluding hydrogens is 124 g/mol. The molecule has 2 fully saturated rings.